The van der Waals surface area contributed by atoms with Crippen molar-refractivity contribution in [2.24, 2.45) is 0 Å². The van der Waals surface area contributed by atoms with Gasteiger partial charge in [-0.2, -0.15) is 0 Å². The van der Waals surface area contributed by atoms with Crippen LogP contribution in [0, 0.1) is 0 Å². The fourth-order valence-corrected chi connectivity index (χ4v) is 5.27. The van der Waals surface area contributed by atoms with E-state index in [-0.39, 0.29) is 29.8 Å². The summed E-state index contributed by atoms with van der Waals surface area (Å²) in [7, 11) is 0. The number of ether oxygens (including phenoxy) is 1. The van der Waals surface area contributed by atoms with Crippen LogP contribution in [0.4, 0.5) is 5.00 Å². The maximum absolute atomic E-state index is 12.6. The highest BCUT2D eigenvalue weighted by Crippen LogP contribution is 2.38. The van der Waals surface area contributed by atoms with Gasteiger partial charge in [-0.15, -0.1) is 21.5 Å². The van der Waals surface area contributed by atoms with Gasteiger partial charge in [0.05, 0.1) is 17.9 Å². The number of anilines is 1. The van der Waals surface area contributed by atoms with Gasteiger partial charge < -0.3 is 10.1 Å². The predicted octanol–water partition coefficient (Wildman–Crippen LogP) is 2.27. The van der Waals surface area contributed by atoms with E-state index in [1.54, 1.807) is 17.5 Å². The minimum absolute atomic E-state index is 0.0880. The summed E-state index contributed by atoms with van der Waals surface area (Å²) >= 11 is 2.65. The molecule has 1 aliphatic rings. The number of rotatable bonds is 6. The number of fused-ring (bicyclic) bond motifs is 2. The lowest BCUT2D eigenvalue weighted by atomic mass is 9.95. The Hall–Kier alpha value is -2.66. The van der Waals surface area contributed by atoms with Crippen molar-refractivity contribution < 1.29 is 14.3 Å². The normalized spacial score (nSPS) is 13.3. The molecule has 0 aromatic carbocycles. The monoisotopic (exact) mass is 433 g/mol. The first-order valence-electron chi connectivity index (χ1n) is 9.25. The predicted molar refractivity (Wildman–Crippen MR) is 110 cm³/mol. The quantitative estimate of drug-likeness (QED) is 0.452. The van der Waals surface area contributed by atoms with E-state index in [9.17, 15) is 14.4 Å². The third-order valence-electron chi connectivity index (χ3n) is 4.51. The lowest BCUT2D eigenvalue weighted by Crippen LogP contribution is -2.17. The Bertz CT molecular complexity index is 1130. The molecule has 1 aliphatic carbocycles. The van der Waals surface area contributed by atoms with Crippen molar-refractivity contribution in [3.05, 3.63) is 38.6 Å². The van der Waals surface area contributed by atoms with Crippen molar-refractivity contribution >= 4 is 45.8 Å². The van der Waals surface area contributed by atoms with Crippen molar-refractivity contribution in [2.75, 3.05) is 17.7 Å². The second kappa shape index (κ2) is 8.37. The molecule has 3 aromatic rings. The van der Waals surface area contributed by atoms with Gasteiger partial charge in [0.25, 0.3) is 5.56 Å². The summed E-state index contributed by atoms with van der Waals surface area (Å²) in [5.41, 5.74) is 1.23. The van der Waals surface area contributed by atoms with Crippen LogP contribution in [0.1, 0.15) is 40.6 Å². The highest BCUT2D eigenvalue weighted by atomic mass is 32.2. The van der Waals surface area contributed by atoms with E-state index in [1.165, 1.54) is 29.2 Å². The number of esters is 1. The molecule has 0 radical (unpaired) electrons. The van der Waals surface area contributed by atoms with Crippen LogP contribution in [0.3, 0.4) is 0 Å². The van der Waals surface area contributed by atoms with Crippen LogP contribution >= 0.6 is 23.1 Å². The molecule has 11 heteroatoms. The lowest BCUT2D eigenvalue weighted by molar-refractivity contribution is -0.113. The molecule has 0 bridgehead atoms. The summed E-state index contributed by atoms with van der Waals surface area (Å²) in [4.78, 5) is 40.1. The fraction of sp³-hybridized carbons (Fsp3) is 0.389. The highest BCUT2D eigenvalue weighted by Gasteiger charge is 2.27. The van der Waals surface area contributed by atoms with Gasteiger partial charge in [0.15, 0.2) is 5.16 Å². The zero-order valence-corrected chi connectivity index (χ0v) is 17.3. The van der Waals surface area contributed by atoms with Crippen LogP contribution in [0.15, 0.2) is 22.2 Å². The Labute approximate surface area is 173 Å². The number of aromatic amines is 1. The molecular weight excluding hydrogens is 414 g/mol. The van der Waals surface area contributed by atoms with Gasteiger partial charge in [0.2, 0.25) is 11.7 Å². The molecule has 2 N–H and O–H groups in total. The standard InChI is InChI=1S/C18H19N5O4S2/c1-2-27-16(26)14-10-5-3-4-6-11(10)29-15(14)19-13(25)9-28-18-22-21-17-20-12(24)7-8-23(17)18/h7-8H,2-6,9H2,1H3,(H,19,25)(H,20,21,24). The molecule has 0 fully saturated rings. The number of thioether (sulfide) groups is 1. The van der Waals surface area contributed by atoms with Crippen LogP contribution in [0.5, 0.6) is 0 Å². The molecule has 3 heterocycles. The van der Waals surface area contributed by atoms with Crippen LogP contribution in [0.2, 0.25) is 0 Å². The highest BCUT2D eigenvalue weighted by molar-refractivity contribution is 7.99. The Morgan fingerprint density at radius 2 is 2.17 bits per heavy atom. The number of aromatic nitrogens is 4. The Morgan fingerprint density at radius 1 is 1.34 bits per heavy atom. The number of carbonyl (C=O) groups is 2. The molecule has 4 rings (SSSR count). The molecule has 152 valence electrons. The van der Waals surface area contributed by atoms with Crippen LogP contribution in [-0.4, -0.2) is 43.8 Å². The first-order chi connectivity index (χ1) is 14.1. The largest absolute Gasteiger partial charge is 0.462 e. The van der Waals surface area contributed by atoms with E-state index in [0.717, 1.165) is 36.1 Å². The minimum Gasteiger partial charge on any atom is -0.462 e. The van der Waals surface area contributed by atoms with Crippen molar-refractivity contribution in [3.8, 4) is 0 Å². The number of amides is 1. The van der Waals surface area contributed by atoms with E-state index in [0.29, 0.717) is 21.5 Å². The second-order valence-electron chi connectivity index (χ2n) is 6.45. The molecular formula is C18H19N5O4S2. The smallest absolute Gasteiger partial charge is 0.341 e. The van der Waals surface area contributed by atoms with Crippen molar-refractivity contribution in [2.45, 2.75) is 37.8 Å². The van der Waals surface area contributed by atoms with Gasteiger partial charge in [-0.3, -0.25) is 19.0 Å². The zero-order chi connectivity index (χ0) is 20.4. The van der Waals surface area contributed by atoms with E-state index in [1.807, 2.05) is 0 Å². The SMILES string of the molecule is CCOC(=O)c1c(NC(=O)CSc2nnc3[nH]c(=O)ccn23)sc2c1CCCC2. The number of H-pyrrole nitrogens is 1. The Balaban J connectivity index is 1.50. The number of hydrogen-bond acceptors (Lipinski definition) is 8. The Morgan fingerprint density at radius 3 is 3.00 bits per heavy atom. The third kappa shape index (κ3) is 4.06. The van der Waals surface area contributed by atoms with Gasteiger partial charge in [0, 0.05) is 17.1 Å². The van der Waals surface area contributed by atoms with Crippen LogP contribution < -0.4 is 10.9 Å². The van der Waals surface area contributed by atoms with E-state index in [4.69, 9.17) is 4.74 Å². The maximum atomic E-state index is 12.6. The minimum atomic E-state index is -0.387. The fourth-order valence-electron chi connectivity index (χ4n) is 3.26. The average Bonchev–Trinajstić information content (AvgIpc) is 3.26. The van der Waals surface area contributed by atoms with Gasteiger partial charge in [-0.1, -0.05) is 11.8 Å². The van der Waals surface area contributed by atoms with Crippen molar-refractivity contribution in [1.29, 1.82) is 0 Å². The lowest BCUT2D eigenvalue weighted by Gasteiger charge is -2.12. The molecule has 3 aromatic heterocycles. The number of nitrogens with zero attached hydrogens (tertiary/aromatic N) is 3. The summed E-state index contributed by atoms with van der Waals surface area (Å²) in [6, 6.07) is 1.36. The number of carbonyl (C=O) groups excluding carboxylic acids is 2. The average molecular weight is 434 g/mol. The van der Waals surface area contributed by atoms with E-state index >= 15 is 0 Å². The summed E-state index contributed by atoms with van der Waals surface area (Å²) in [5, 5.41) is 11.8. The number of hydrogen-bond donors (Lipinski definition) is 2. The van der Waals surface area contributed by atoms with E-state index < -0.39 is 0 Å². The molecule has 9 nitrogen and oxygen atoms in total. The third-order valence-corrected chi connectivity index (χ3v) is 6.66. The van der Waals surface area contributed by atoms with Gasteiger partial charge in [-0.25, -0.2) is 4.79 Å². The summed E-state index contributed by atoms with van der Waals surface area (Å²) in [5.74, 6) is -0.233. The van der Waals surface area contributed by atoms with E-state index in [2.05, 4.69) is 20.5 Å². The van der Waals surface area contributed by atoms with Gasteiger partial charge in [-0.05, 0) is 38.2 Å². The first kappa shape index (κ1) is 19.6. The molecule has 0 spiro atoms. The second-order valence-corrected chi connectivity index (χ2v) is 8.50. The maximum Gasteiger partial charge on any atom is 0.341 e. The summed E-state index contributed by atoms with van der Waals surface area (Å²) in [6.07, 6.45) is 5.42. The number of aryl methyl sites for hydroxylation is 1. The van der Waals surface area contributed by atoms with Crippen molar-refractivity contribution in [1.82, 2.24) is 19.6 Å². The molecule has 29 heavy (non-hydrogen) atoms. The summed E-state index contributed by atoms with van der Waals surface area (Å²) in [6.45, 7) is 2.05. The van der Waals surface area contributed by atoms with Crippen LogP contribution in [0.25, 0.3) is 5.78 Å². The molecule has 0 saturated carbocycles. The van der Waals surface area contributed by atoms with Gasteiger partial charge in [0.1, 0.15) is 5.00 Å². The number of thiophene rings is 1. The van der Waals surface area contributed by atoms with Crippen LogP contribution in [-0.2, 0) is 22.4 Å². The molecule has 0 unspecified atom stereocenters. The topological polar surface area (TPSA) is 118 Å². The number of nitrogens with one attached hydrogen (secondary N) is 2. The summed E-state index contributed by atoms with van der Waals surface area (Å²) < 4.78 is 6.82. The molecule has 0 atom stereocenters. The first-order valence-corrected chi connectivity index (χ1v) is 11.1. The van der Waals surface area contributed by atoms with Crippen molar-refractivity contribution in [3.63, 3.8) is 0 Å². The Kier molecular flexibility index (Phi) is 5.67. The molecule has 0 saturated heterocycles. The molecule has 1 amide bonds. The van der Waals surface area contributed by atoms with Gasteiger partial charge >= 0.3 is 5.97 Å². The zero-order valence-electron chi connectivity index (χ0n) is 15.7. The molecule has 0 aliphatic heterocycles.